The molecule has 1 aliphatic heterocycles. The fourth-order valence-electron chi connectivity index (χ4n) is 3.42. The molecule has 2 aromatic carbocycles. The lowest BCUT2D eigenvalue weighted by atomic mass is 9.94. The highest BCUT2D eigenvalue weighted by molar-refractivity contribution is 5.97. The Morgan fingerprint density at radius 1 is 1.26 bits per heavy atom. The highest BCUT2D eigenvalue weighted by atomic mass is 16.5. The fourth-order valence-corrected chi connectivity index (χ4v) is 3.42. The average Bonchev–Trinajstić information content (AvgIpc) is 3.12. The van der Waals surface area contributed by atoms with Gasteiger partial charge in [-0.1, -0.05) is 6.07 Å². The van der Waals surface area contributed by atoms with Crippen LogP contribution in [-0.4, -0.2) is 52.5 Å². The molecule has 0 saturated heterocycles. The first kappa shape index (κ1) is 17.6. The van der Waals surface area contributed by atoms with Gasteiger partial charge in [-0.2, -0.15) is 0 Å². The monoisotopic (exact) mass is 374 g/mol. The molecule has 0 amide bonds. The van der Waals surface area contributed by atoms with E-state index in [9.17, 15) is 25.2 Å². The summed E-state index contributed by atoms with van der Waals surface area (Å²) in [6, 6.07) is 6.01. The van der Waals surface area contributed by atoms with Gasteiger partial charge in [-0.3, -0.25) is 4.79 Å². The first-order valence-electron chi connectivity index (χ1n) is 8.32. The normalized spacial score (nSPS) is 16.5. The number of para-hydroxylation sites is 1. The Morgan fingerprint density at radius 3 is 2.67 bits per heavy atom. The minimum atomic E-state index is -1.86. The van der Waals surface area contributed by atoms with Crippen molar-refractivity contribution in [1.82, 2.24) is 0 Å². The summed E-state index contributed by atoms with van der Waals surface area (Å²) in [6.07, 6.45) is -0.849. The molecule has 0 bridgehead atoms. The molecule has 0 spiro atoms. The van der Waals surface area contributed by atoms with Crippen molar-refractivity contribution in [3.8, 4) is 17.2 Å². The summed E-state index contributed by atoms with van der Waals surface area (Å²) in [5.41, 5.74) is -1.54. The third-order valence-corrected chi connectivity index (χ3v) is 5.00. The maximum absolute atomic E-state index is 13.0. The molecule has 2 heterocycles. The molecule has 1 aliphatic rings. The van der Waals surface area contributed by atoms with Gasteiger partial charge in [0.15, 0.2) is 11.3 Å². The van der Waals surface area contributed by atoms with Gasteiger partial charge in [0.2, 0.25) is 5.43 Å². The molecule has 3 aromatic rings. The van der Waals surface area contributed by atoms with Gasteiger partial charge in [-0.05, 0) is 12.1 Å². The summed E-state index contributed by atoms with van der Waals surface area (Å²) >= 11 is 0. The highest BCUT2D eigenvalue weighted by Crippen LogP contribution is 2.43. The van der Waals surface area contributed by atoms with E-state index in [0.29, 0.717) is 11.3 Å². The summed E-state index contributed by atoms with van der Waals surface area (Å²) in [5.74, 6) is 0.350. The van der Waals surface area contributed by atoms with E-state index in [0.717, 1.165) is 0 Å². The molecule has 142 valence electrons. The summed E-state index contributed by atoms with van der Waals surface area (Å²) in [4.78, 5) is 13.0. The number of phenols is 1. The molecule has 8 heteroatoms. The van der Waals surface area contributed by atoms with E-state index < -0.39 is 24.9 Å². The molecular weight excluding hydrogens is 356 g/mol. The van der Waals surface area contributed by atoms with Crippen molar-refractivity contribution in [3.05, 3.63) is 40.1 Å². The lowest BCUT2D eigenvalue weighted by Gasteiger charge is -2.29. The molecule has 27 heavy (non-hydrogen) atoms. The molecule has 0 saturated carbocycles. The third-order valence-electron chi connectivity index (χ3n) is 5.00. The Bertz CT molecular complexity index is 1100. The first-order valence-corrected chi connectivity index (χ1v) is 8.32. The van der Waals surface area contributed by atoms with E-state index in [2.05, 4.69) is 0 Å². The quantitative estimate of drug-likeness (QED) is 0.491. The Morgan fingerprint density at radius 2 is 2.00 bits per heavy atom. The Kier molecular flexibility index (Phi) is 3.99. The number of hydrogen-bond donors (Lipinski definition) is 4. The van der Waals surface area contributed by atoms with Crippen LogP contribution in [0, 0.1) is 0 Å². The SMILES string of the molecule is COc1cc2c(c3oc4c(O)cccc4c(=O)c13)C[C@@H](C(O)(CO)CO)O2. The molecular formula is C19H18O8. The van der Waals surface area contributed by atoms with Crippen molar-refractivity contribution < 1.29 is 34.3 Å². The Balaban J connectivity index is 2.02. The van der Waals surface area contributed by atoms with E-state index in [4.69, 9.17) is 13.9 Å². The maximum Gasteiger partial charge on any atom is 0.204 e. The summed E-state index contributed by atoms with van der Waals surface area (Å²) in [5, 5.41) is 39.7. The standard InChI is InChI=1S/C19H18O8/c1-25-13-6-12-10(5-14(26-12)19(24,7-20)8-21)18-15(13)16(23)9-3-2-4-11(22)17(9)27-18/h2-4,6,14,20-22,24H,5,7-8H2,1H3/t14-/m0/s1. The van der Waals surface area contributed by atoms with E-state index in [1.54, 1.807) is 12.1 Å². The summed E-state index contributed by atoms with van der Waals surface area (Å²) in [7, 11) is 1.40. The zero-order valence-electron chi connectivity index (χ0n) is 14.4. The van der Waals surface area contributed by atoms with Crippen molar-refractivity contribution in [2.24, 2.45) is 0 Å². The fraction of sp³-hybridized carbons (Fsp3) is 0.316. The van der Waals surface area contributed by atoms with E-state index in [1.807, 2.05) is 0 Å². The Hall–Kier alpha value is -2.81. The lowest BCUT2D eigenvalue weighted by Crippen LogP contribution is -2.51. The molecule has 0 aliphatic carbocycles. The number of ether oxygens (including phenoxy) is 2. The molecule has 4 N–H and O–H groups in total. The van der Waals surface area contributed by atoms with Gasteiger partial charge in [0.25, 0.3) is 0 Å². The number of methoxy groups -OCH3 is 1. The topological polar surface area (TPSA) is 130 Å². The van der Waals surface area contributed by atoms with Gasteiger partial charge in [-0.15, -0.1) is 0 Å². The predicted octanol–water partition coefficient (Wildman–Crippen LogP) is 0.680. The number of aliphatic hydroxyl groups excluding tert-OH is 2. The molecule has 4 rings (SSSR count). The van der Waals surface area contributed by atoms with Crippen LogP contribution in [0.25, 0.3) is 21.9 Å². The van der Waals surface area contributed by atoms with Gasteiger partial charge in [-0.25, -0.2) is 0 Å². The predicted molar refractivity (Wildman–Crippen MR) is 95.4 cm³/mol. The van der Waals surface area contributed by atoms with E-state index in [1.165, 1.54) is 19.2 Å². The van der Waals surface area contributed by atoms with Crippen molar-refractivity contribution in [2.75, 3.05) is 20.3 Å². The van der Waals surface area contributed by atoms with Crippen LogP contribution in [-0.2, 0) is 6.42 Å². The van der Waals surface area contributed by atoms with Gasteiger partial charge in [0.1, 0.15) is 34.2 Å². The van der Waals surface area contributed by atoms with Crippen LogP contribution in [0.3, 0.4) is 0 Å². The average molecular weight is 374 g/mol. The second-order valence-electron chi connectivity index (χ2n) is 6.58. The number of aliphatic hydroxyl groups is 3. The van der Waals surface area contributed by atoms with Crippen LogP contribution >= 0.6 is 0 Å². The minimum absolute atomic E-state index is 0.0356. The molecule has 1 atom stereocenters. The van der Waals surface area contributed by atoms with Crippen molar-refractivity contribution in [2.45, 2.75) is 18.1 Å². The zero-order chi connectivity index (χ0) is 19.3. The van der Waals surface area contributed by atoms with Gasteiger partial charge < -0.3 is 34.3 Å². The number of aromatic hydroxyl groups is 1. The third kappa shape index (κ3) is 2.45. The molecule has 1 aromatic heterocycles. The smallest absolute Gasteiger partial charge is 0.204 e. The summed E-state index contributed by atoms with van der Waals surface area (Å²) < 4.78 is 16.9. The molecule has 0 fully saturated rings. The molecule has 8 nitrogen and oxygen atoms in total. The molecule has 0 radical (unpaired) electrons. The second-order valence-corrected chi connectivity index (χ2v) is 6.58. The van der Waals surface area contributed by atoms with Crippen LogP contribution in [0.15, 0.2) is 33.5 Å². The van der Waals surface area contributed by atoms with Crippen LogP contribution in [0.1, 0.15) is 5.56 Å². The number of fused-ring (bicyclic) bond motifs is 4. The van der Waals surface area contributed by atoms with Crippen molar-refractivity contribution in [1.29, 1.82) is 0 Å². The largest absolute Gasteiger partial charge is 0.504 e. The van der Waals surface area contributed by atoms with Gasteiger partial charge in [0, 0.05) is 18.1 Å². The van der Waals surface area contributed by atoms with Crippen molar-refractivity contribution in [3.63, 3.8) is 0 Å². The van der Waals surface area contributed by atoms with Crippen molar-refractivity contribution >= 4 is 21.9 Å². The van der Waals surface area contributed by atoms with Gasteiger partial charge >= 0.3 is 0 Å². The van der Waals surface area contributed by atoms with Gasteiger partial charge in [0.05, 0.1) is 25.7 Å². The minimum Gasteiger partial charge on any atom is -0.504 e. The molecule has 0 unspecified atom stereocenters. The van der Waals surface area contributed by atoms with E-state index in [-0.39, 0.29) is 45.3 Å². The lowest BCUT2D eigenvalue weighted by molar-refractivity contribution is -0.115. The van der Waals surface area contributed by atoms with Crippen LogP contribution in [0.2, 0.25) is 0 Å². The van der Waals surface area contributed by atoms with Crippen LogP contribution in [0.4, 0.5) is 0 Å². The number of benzene rings is 2. The summed E-state index contributed by atoms with van der Waals surface area (Å²) in [6.45, 7) is -1.41. The number of hydrogen-bond acceptors (Lipinski definition) is 8. The number of rotatable bonds is 4. The maximum atomic E-state index is 13.0. The number of phenolic OH excluding ortho intramolecular Hbond substituents is 1. The highest BCUT2D eigenvalue weighted by Gasteiger charge is 2.43. The Labute approximate surface area is 152 Å². The van der Waals surface area contributed by atoms with Crippen LogP contribution < -0.4 is 14.9 Å². The second kappa shape index (κ2) is 6.12. The van der Waals surface area contributed by atoms with E-state index >= 15 is 0 Å². The zero-order valence-corrected chi connectivity index (χ0v) is 14.4. The first-order chi connectivity index (χ1) is 12.9. The van der Waals surface area contributed by atoms with Crippen LogP contribution in [0.5, 0.6) is 17.2 Å².